The van der Waals surface area contributed by atoms with E-state index in [1.165, 1.54) is 98.4 Å². The van der Waals surface area contributed by atoms with Crippen LogP contribution >= 0.6 is 0 Å². The first-order valence-corrected chi connectivity index (χ1v) is 15.8. The maximum absolute atomic E-state index is 6.13. The van der Waals surface area contributed by atoms with Crippen molar-refractivity contribution in [3.8, 4) is 28.0 Å². The quantitative estimate of drug-likeness (QED) is 0.136. The first-order chi connectivity index (χ1) is 19.2. The number of ether oxygens (including phenoxy) is 2. The van der Waals surface area contributed by atoms with Crippen molar-refractivity contribution in [2.75, 3.05) is 13.2 Å². The average Bonchev–Trinajstić information content (AvgIpc) is 2.98. The number of hydrogen-bond acceptors (Lipinski definition) is 2. The summed E-state index contributed by atoms with van der Waals surface area (Å²) < 4.78 is 12.2. The first-order valence-electron chi connectivity index (χ1n) is 15.8. The normalized spacial score (nSPS) is 12.0. The third-order valence-electron chi connectivity index (χ3n) is 7.67. The molecular formula is C37H52O2. The van der Waals surface area contributed by atoms with Gasteiger partial charge in [0.25, 0.3) is 0 Å². The summed E-state index contributed by atoms with van der Waals surface area (Å²) in [6, 6.07) is 26.2. The van der Waals surface area contributed by atoms with Crippen LogP contribution in [0, 0.1) is 0 Å². The van der Waals surface area contributed by atoms with Gasteiger partial charge in [0.1, 0.15) is 5.75 Å². The van der Waals surface area contributed by atoms with Crippen LogP contribution in [0.5, 0.6) is 5.75 Å². The zero-order valence-corrected chi connectivity index (χ0v) is 24.9. The molecule has 0 bridgehead atoms. The Labute approximate surface area is 239 Å². The van der Waals surface area contributed by atoms with Crippen LogP contribution in [0.3, 0.4) is 0 Å². The minimum Gasteiger partial charge on any atom is -0.494 e. The third-order valence-corrected chi connectivity index (χ3v) is 7.67. The van der Waals surface area contributed by atoms with Gasteiger partial charge in [0.05, 0.1) is 12.7 Å². The molecule has 2 nitrogen and oxygen atoms in total. The molecule has 0 fully saturated rings. The molecule has 1 unspecified atom stereocenters. The molecule has 3 aromatic rings. The summed E-state index contributed by atoms with van der Waals surface area (Å²) in [7, 11) is 0. The highest BCUT2D eigenvalue weighted by Gasteiger charge is 2.10. The smallest absolute Gasteiger partial charge is 0.119 e. The van der Waals surface area contributed by atoms with Gasteiger partial charge in [0.15, 0.2) is 0 Å². The molecule has 0 aliphatic carbocycles. The summed E-state index contributed by atoms with van der Waals surface area (Å²) >= 11 is 0. The van der Waals surface area contributed by atoms with Crippen LogP contribution in [0.2, 0.25) is 0 Å². The highest BCUT2D eigenvalue weighted by molar-refractivity contribution is 5.83. The molecule has 0 aromatic heterocycles. The Morgan fingerprint density at radius 2 is 0.974 bits per heavy atom. The molecule has 0 amide bonds. The minimum atomic E-state index is 0.124. The Kier molecular flexibility index (Phi) is 14.8. The van der Waals surface area contributed by atoms with Crippen molar-refractivity contribution in [2.24, 2.45) is 0 Å². The fourth-order valence-corrected chi connectivity index (χ4v) is 5.14. The minimum absolute atomic E-state index is 0.124. The van der Waals surface area contributed by atoms with Crippen molar-refractivity contribution < 1.29 is 9.47 Å². The lowest BCUT2D eigenvalue weighted by Gasteiger charge is -2.15. The Hall–Kier alpha value is -2.58. The molecule has 0 N–H and O–H groups in total. The number of rotatable bonds is 20. The number of benzene rings is 3. The molecular weight excluding hydrogens is 476 g/mol. The van der Waals surface area contributed by atoms with Gasteiger partial charge in [-0.1, -0.05) is 145 Å². The van der Waals surface area contributed by atoms with Gasteiger partial charge in [-0.05, 0) is 59.7 Å². The molecule has 0 spiro atoms. The Morgan fingerprint density at radius 1 is 0.513 bits per heavy atom. The molecule has 0 radical (unpaired) electrons. The number of hydrogen-bond donors (Lipinski definition) is 0. The molecule has 3 aromatic carbocycles. The van der Waals surface area contributed by atoms with E-state index in [1.807, 2.05) is 0 Å². The van der Waals surface area contributed by atoms with E-state index in [-0.39, 0.29) is 6.10 Å². The molecule has 1 atom stereocenters. The summed E-state index contributed by atoms with van der Waals surface area (Å²) in [6.07, 6.45) is 17.0. The SMILES string of the molecule is CCCCCCCCCOc1ccc(-c2ccccc2-c2ccc(C(C)OCCCCCCCC)cc2)cc1. The maximum atomic E-state index is 6.13. The van der Waals surface area contributed by atoms with Crippen molar-refractivity contribution in [1.82, 2.24) is 0 Å². The second kappa shape index (κ2) is 18.7. The predicted molar refractivity (Wildman–Crippen MR) is 169 cm³/mol. The maximum Gasteiger partial charge on any atom is 0.119 e. The summed E-state index contributed by atoms with van der Waals surface area (Å²) in [4.78, 5) is 0. The van der Waals surface area contributed by atoms with E-state index in [0.717, 1.165) is 31.8 Å². The van der Waals surface area contributed by atoms with Crippen molar-refractivity contribution >= 4 is 0 Å². The van der Waals surface area contributed by atoms with Crippen LogP contribution in [0.25, 0.3) is 22.3 Å². The monoisotopic (exact) mass is 528 g/mol. The van der Waals surface area contributed by atoms with E-state index in [4.69, 9.17) is 9.47 Å². The molecule has 3 rings (SSSR count). The van der Waals surface area contributed by atoms with E-state index in [2.05, 4.69) is 93.6 Å². The molecule has 0 heterocycles. The van der Waals surface area contributed by atoms with Gasteiger partial charge in [-0.15, -0.1) is 0 Å². The van der Waals surface area contributed by atoms with E-state index >= 15 is 0 Å². The fraction of sp³-hybridized carbons (Fsp3) is 0.514. The summed E-state index contributed by atoms with van der Waals surface area (Å²) in [5.41, 5.74) is 6.19. The van der Waals surface area contributed by atoms with Gasteiger partial charge in [-0.2, -0.15) is 0 Å². The van der Waals surface area contributed by atoms with Gasteiger partial charge in [-0.3, -0.25) is 0 Å². The zero-order valence-electron chi connectivity index (χ0n) is 24.9. The van der Waals surface area contributed by atoms with Gasteiger partial charge >= 0.3 is 0 Å². The molecule has 39 heavy (non-hydrogen) atoms. The predicted octanol–water partition coefficient (Wildman–Crippen LogP) is 11.6. The topological polar surface area (TPSA) is 18.5 Å². The van der Waals surface area contributed by atoms with Crippen LogP contribution in [0.1, 0.15) is 116 Å². The lowest BCUT2D eigenvalue weighted by Crippen LogP contribution is -2.02. The van der Waals surface area contributed by atoms with Crippen molar-refractivity contribution in [3.63, 3.8) is 0 Å². The summed E-state index contributed by atoms with van der Waals surface area (Å²) in [5.74, 6) is 0.960. The second-order valence-electron chi connectivity index (χ2n) is 10.9. The van der Waals surface area contributed by atoms with E-state index in [9.17, 15) is 0 Å². The fourth-order valence-electron chi connectivity index (χ4n) is 5.14. The molecule has 212 valence electrons. The van der Waals surface area contributed by atoms with Crippen LogP contribution in [-0.2, 0) is 4.74 Å². The van der Waals surface area contributed by atoms with Gasteiger partial charge < -0.3 is 9.47 Å². The average molecular weight is 529 g/mol. The Bertz CT molecular complexity index is 1020. The van der Waals surface area contributed by atoms with E-state index < -0.39 is 0 Å². The Morgan fingerprint density at radius 3 is 1.51 bits per heavy atom. The molecule has 0 saturated carbocycles. The lowest BCUT2D eigenvalue weighted by molar-refractivity contribution is 0.0627. The number of unbranched alkanes of at least 4 members (excludes halogenated alkanes) is 11. The molecule has 2 heteroatoms. The third kappa shape index (κ3) is 11.2. The van der Waals surface area contributed by atoms with Gasteiger partial charge in [0, 0.05) is 6.61 Å². The van der Waals surface area contributed by atoms with Crippen molar-refractivity contribution in [2.45, 2.75) is 110 Å². The molecule has 0 saturated heterocycles. The highest BCUT2D eigenvalue weighted by atomic mass is 16.5. The highest BCUT2D eigenvalue weighted by Crippen LogP contribution is 2.33. The second-order valence-corrected chi connectivity index (χ2v) is 10.9. The zero-order chi connectivity index (χ0) is 27.5. The van der Waals surface area contributed by atoms with Crippen LogP contribution in [0.4, 0.5) is 0 Å². The van der Waals surface area contributed by atoms with E-state index in [0.29, 0.717) is 0 Å². The lowest BCUT2D eigenvalue weighted by atomic mass is 9.94. The van der Waals surface area contributed by atoms with Crippen LogP contribution < -0.4 is 4.74 Å². The van der Waals surface area contributed by atoms with Crippen molar-refractivity contribution in [1.29, 1.82) is 0 Å². The Balaban J connectivity index is 1.50. The first kappa shape index (κ1) is 31.0. The summed E-state index contributed by atoms with van der Waals surface area (Å²) in [6.45, 7) is 8.34. The van der Waals surface area contributed by atoms with Crippen LogP contribution in [-0.4, -0.2) is 13.2 Å². The summed E-state index contributed by atoms with van der Waals surface area (Å²) in [5, 5.41) is 0. The van der Waals surface area contributed by atoms with Gasteiger partial charge in [0.2, 0.25) is 0 Å². The van der Waals surface area contributed by atoms with E-state index in [1.54, 1.807) is 0 Å². The largest absolute Gasteiger partial charge is 0.494 e. The molecule has 0 aliphatic heterocycles. The van der Waals surface area contributed by atoms with Crippen molar-refractivity contribution in [3.05, 3.63) is 78.4 Å². The molecule has 0 aliphatic rings. The van der Waals surface area contributed by atoms with Gasteiger partial charge in [-0.25, -0.2) is 0 Å². The standard InChI is InChI=1S/C37H52O2/c1-4-6-8-10-12-14-18-30-39-35-27-25-34(26-28-35)37-20-16-15-19-36(37)33-23-21-32(22-24-33)31(3)38-29-17-13-11-9-7-5-2/h15-16,19-28,31H,4-14,17-18,29-30H2,1-3H3. The van der Waals surface area contributed by atoms with Crippen LogP contribution in [0.15, 0.2) is 72.8 Å².